The molecule has 0 heterocycles. The summed E-state index contributed by atoms with van der Waals surface area (Å²) >= 11 is 3.46. The summed E-state index contributed by atoms with van der Waals surface area (Å²) in [6.45, 7) is 10.6. The molecule has 9 heteroatoms. The van der Waals surface area contributed by atoms with E-state index in [2.05, 4.69) is 21.2 Å². The predicted molar refractivity (Wildman–Crippen MR) is 149 cm³/mol. The number of nitrogens with zero attached hydrogens (tertiary/aromatic N) is 2. The first-order valence-corrected chi connectivity index (χ1v) is 14.8. The lowest BCUT2D eigenvalue weighted by molar-refractivity contribution is -0.140. The van der Waals surface area contributed by atoms with E-state index in [1.165, 1.54) is 10.6 Å². The second kappa shape index (κ2) is 13.2. The van der Waals surface area contributed by atoms with Crippen LogP contribution in [0.25, 0.3) is 0 Å². The van der Waals surface area contributed by atoms with Crippen LogP contribution in [0.5, 0.6) is 0 Å². The highest BCUT2D eigenvalue weighted by atomic mass is 79.9. The molecular weight excluding hydrogens is 542 g/mol. The van der Waals surface area contributed by atoms with Gasteiger partial charge >= 0.3 is 0 Å². The van der Waals surface area contributed by atoms with Crippen molar-refractivity contribution in [2.75, 3.05) is 23.7 Å². The molecule has 0 aliphatic rings. The van der Waals surface area contributed by atoms with Crippen LogP contribution in [0.1, 0.15) is 50.3 Å². The van der Waals surface area contributed by atoms with Crippen molar-refractivity contribution in [1.29, 1.82) is 0 Å². The average molecular weight is 581 g/mol. The van der Waals surface area contributed by atoms with Gasteiger partial charge in [-0.05, 0) is 74.1 Å². The molecule has 0 saturated heterocycles. The zero-order valence-corrected chi connectivity index (χ0v) is 24.4. The van der Waals surface area contributed by atoms with Crippen LogP contribution in [-0.4, -0.2) is 50.5 Å². The number of hydrogen-bond donors (Lipinski definition) is 1. The molecule has 0 aliphatic carbocycles. The molecule has 1 N–H and O–H groups in total. The van der Waals surface area contributed by atoms with E-state index in [1.807, 2.05) is 70.2 Å². The third kappa shape index (κ3) is 9.24. The van der Waals surface area contributed by atoms with Crippen LogP contribution in [0.3, 0.4) is 0 Å². The number of hydrogen-bond acceptors (Lipinski definition) is 4. The van der Waals surface area contributed by atoms with E-state index in [0.717, 1.165) is 21.2 Å². The third-order valence-electron chi connectivity index (χ3n) is 5.74. The number of anilines is 1. The molecule has 1 atom stereocenters. The van der Waals surface area contributed by atoms with Gasteiger partial charge in [0.15, 0.2) is 0 Å². The van der Waals surface area contributed by atoms with Crippen molar-refractivity contribution in [2.24, 2.45) is 5.92 Å². The molecule has 0 radical (unpaired) electrons. The Morgan fingerprint density at radius 2 is 1.67 bits per heavy atom. The van der Waals surface area contributed by atoms with E-state index in [1.54, 1.807) is 11.8 Å². The molecule has 0 aliphatic heterocycles. The summed E-state index contributed by atoms with van der Waals surface area (Å²) < 4.78 is 27.3. The summed E-state index contributed by atoms with van der Waals surface area (Å²) in [5.74, 6) is -0.112. The standard InChI is InChI=1S/C27H38BrN3O4S/c1-19(2)17-29-27(33)22(5)30(18-23-9-7-10-24(28)16-23)26(32)11-8-12-31(36(6,34)35)25-14-20(3)13-21(4)15-25/h7,9-10,13-16,19,22H,8,11-12,17-18H2,1-6H3,(H,29,33)/t22-/m1/s1. The van der Waals surface area contributed by atoms with Gasteiger partial charge in [0.25, 0.3) is 0 Å². The van der Waals surface area contributed by atoms with Gasteiger partial charge in [0.05, 0.1) is 11.9 Å². The molecule has 0 aromatic heterocycles. The molecule has 0 saturated carbocycles. The van der Waals surface area contributed by atoms with E-state index in [0.29, 0.717) is 24.6 Å². The Bertz CT molecular complexity index is 1150. The van der Waals surface area contributed by atoms with Crippen LogP contribution in [0, 0.1) is 19.8 Å². The molecule has 2 aromatic carbocycles. The summed E-state index contributed by atoms with van der Waals surface area (Å²) in [6.07, 6.45) is 1.62. The Morgan fingerprint density at radius 1 is 1.03 bits per heavy atom. The maximum absolute atomic E-state index is 13.4. The number of rotatable bonds is 12. The van der Waals surface area contributed by atoms with Gasteiger partial charge in [0.1, 0.15) is 6.04 Å². The number of amides is 2. The minimum Gasteiger partial charge on any atom is -0.354 e. The van der Waals surface area contributed by atoms with Crippen molar-refractivity contribution in [3.63, 3.8) is 0 Å². The monoisotopic (exact) mass is 579 g/mol. The molecule has 2 amide bonds. The van der Waals surface area contributed by atoms with Gasteiger partial charge in [-0.25, -0.2) is 8.42 Å². The second-order valence-electron chi connectivity index (χ2n) is 9.75. The summed E-state index contributed by atoms with van der Waals surface area (Å²) in [7, 11) is -3.53. The van der Waals surface area contributed by atoms with Crippen molar-refractivity contribution < 1.29 is 18.0 Å². The Kier molecular flexibility index (Phi) is 11.0. The maximum Gasteiger partial charge on any atom is 0.242 e. The third-order valence-corrected chi connectivity index (χ3v) is 7.43. The van der Waals surface area contributed by atoms with Crippen molar-refractivity contribution >= 4 is 43.5 Å². The fourth-order valence-corrected chi connectivity index (χ4v) is 5.36. The van der Waals surface area contributed by atoms with Gasteiger partial charge in [-0.1, -0.05) is 48.0 Å². The van der Waals surface area contributed by atoms with Gasteiger partial charge in [-0.2, -0.15) is 0 Å². The first kappa shape index (κ1) is 29.8. The Labute approximate surface area is 224 Å². The average Bonchev–Trinajstić information content (AvgIpc) is 2.76. The lowest BCUT2D eigenvalue weighted by atomic mass is 10.1. The lowest BCUT2D eigenvalue weighted by Gasteiger charge is -2.30. The molecule has 198 valence electrons. The number of halogens is 1. The minimum absolute atomic E-state index is 0.118. The smallest absolute Gasteiger partial charge is 0.242 e. The van der Waals surface area contributed by atoms with Crippen molar-refractivity contribution in [3.05, 3.63) is 63.6 Å². The fourth-order valence-electron chi connectivity index (χ4n) is 3.97. The molecule has 0 unspecified atom stereocenters. The largest absolute Gasteiger partial charge is 0.354 e. The van der Waals surface area contributed by atoms with Gasteiger partial charge in [0.2, 0.25) is 21.8 Å². The fraction of sp³-hybridized carbons (Fsp3) is 0.481. The molecule has 2 rings (SSSR count). The highest BCUT2D eigenvalue weighted by molar-refractivity contribution is 9.10. The molecular formula is C27H38BrN3O4S. The summed E-state index contributed by atoms with van der Waals surface area (Å²) in [6, 6.07) is 12.6. The molecule has 0 fully saturated rings. The van der Waals surface area contributed by atoms with E-state index in [9.17, 15) is 18.0 Å². The van der Waals surface area contributed by atoms with Gasteiger partial charge in [-0.3, -0.25) is 13.9 Å². The first-order chi connectivity index (χ1) is 16.8. The Balaban J connectivity index is 2.18. The highest BCUT2D eigenvalue weighted by Crippen LogP contribution is 2.22. The van der Waals surface area contributed by atoms with Crippen LogP contribution in [0.4, 0.5) is 5.69 Å². The summed E-state index contributed by atoms with van der Waals surface area (Å²) in [5.41, 5.74) is 3.43. The topological polar surface area (TPSA) is 86.8 Å². The van der Waals surface area contributed by atoms with Crippen LogP contribution in [0.15, 0.2) is 46.9 Å². The zero-order valence-electron chi connectivity index (χ0n) is 22.0. The number of carbonyl (C=O) groups is 2. The van der Waals surface area contributed by atoms with Crippen molar-refractivity contribution in [1.82, 2.24) is 10.2 Å². The van der Waals surface area contributed by atoms with Crippen LogP contribution >= 0.6 is 15.9 Å². The Morgan fingerprint density at radius 3 is 2.22 bits per heavy atom. The number of sulfonamides is 1. The molecule has 0 spiro atoms. The van der Waals surface area contributed by atoms with Crippen LogP contribution in [0.2, 0.25) is 0 Å². The molecule has 36 heavy (non-hydrogen) atoms. The Hall–Kier alpha value is -2.39. The number of nitrogens with one attached hydrogen (secondary N) is 1. The molecule has 0 bridgehead atoms. The van der Waals surface area contributed by atoms with E-state index < -0.39 is 16.1 Å². The molecule has 2 aromatic rings. The lowest BCUT2D eigenvalue weighted by Crippen LogP contribution is -2.48. The minimum atomic E-state index is -3.53. The van der Waals surface area contributed by atoms with Crippen molar-refractivity contribution in [2.45, 2.75) is 60.0 Å². The van der Waals surface area contributed by atoms with E-state index in [4.69, 9.17) is 0 Å². The summed E-state index contributed by atoms with van der Waals surface area (Å²) in [5, 5.41) is 2.91. The number of aryl methyl sites for hydroxylation is 2. The second-order valence-corrected chi connectivity index (χ2v) is 12.6. The number of benzene rings is 2. The zero-order chi connectivity index (χ0) is 27.0. The van der Waals surface area contributed by atoms with Gasteiger partial charge in [0, 0.05) is 30.5 Å². The highest BCUT2D eigenvalue weighted by Gasteiger charge is 2.27. The molecule has 7 nitrogen and oxygen atoms in total. The number of carbonyl (C=O) groups excluding carboxylic acids is 2. The SMILES string of the molecule is Cc1cc(C)cc(N(CCCC(=O)N(Cc2cccc(Br)c2)[C@H](C)C(=O)NCC(C)C)S(C)(=O)=O)c1. The van der Waals surface area contributed by atoms with Crippen LogP contribution < -0.4 is 9.62 Å². The normalized spacial score (nSPS) is 12.3. The van der Waals surface area contributed by atoms with Crippen LogP contribution in [-0.2, 0) is 26.2 Å². The van der Waals surface area contributed by atoms with Gasteiger partial charge < -0.3 is 10.2 Å². The summed E-state index contributed by atoms with van der Waals surface area (Å²) in [4.78, 5) is 27.7. The van der Waals surface area contributed by atoms with Crippen molar-refractivity contribution in [3.8, 4) is 0 Å². The van der Waals surface area contributed by atoms with E-state index >= 15 is 0 Å². The first-order valence-electron chi connectivity index (χ1n) is 12.2. The van der Waals surface area contributed by atoms with Gasteiger partial charge in [-0.15, -0.1) is 0 Å². The maximum atomic E-state index is 13.4. The van der Waals surface area contributed by atoms with E-state index in [-0.39, 0.29) is 31.3 Å². The quantitative estimate of drug-likeness (QED) is 0.391. The predicted octanol–water partition coefficient (Wildman–Crippen LogP) is 4.80.